The van der Waals surface area contributed by atoms with E-state index in [2.05, 4.69) is 0 Å². The summed E-state index contributed by atoms with van der Waals surface area (Å²) in [5, 5.41) is 8.77. The topological polar surface area (TPSA) is 63.6 Å². The third kappa shape index (κ3) is 0.983. The molecule has 0 aromatic rings. The molecule has 0 aromatic heterocycles. The maximum absolute atomic E-state index is 11.1. The van der Waals surface area contributed by atoms with E-state index in [4.69, 9.17) is 9.84 Å². The molecule has 1 N–H and O–H groups in total. The van der Waals surface area contributed by atoms with Gasteiger partial charge in [-0.3, -0.25) is 9.59 Å². The fourth-order valence-electron chi connectivity index (χ4n) is 2.12. The lowest BCUT2D eigenvalue weighted by Crippen LogP contribution is -2.28. The second-order valence-electron chi connectivity index (χ2n) is 3.52. The summed E-state index contributed by atoms with van der Waals surface area (Å²) in [5.41, 5.74) is 0. The Morgan fingerprint density at radius 2 is 2.25 bits per heavy atom. The van der Waals surface area contributed by atoms with Gasteiger partial charge >= 0.3 is 11.9 Å². The summed E-state index contributed by atoms with van der Waals surface area (Å²) >= 11 is 0. The lowest BCUT2D eigenvalue weighted by molar-refractivity contribution is -0.158. The average molecular weight is 170 g/mol. The van der Waals surface area contributed by atoms with Gasteiger partial charge in [-0.15, -0.1) is 0 Å². The summed E-state index contributed by atoms with van der Waals surface area (Å²) in [4.78, 5) is 21.8. The number of ether oxygens (including phenoxy) is 1. The highest BCUT2D eigenvalue weighted by molar-refractivity contribution is 5.82. The zero-order valence-electron chi connectivity index (χ0n) is 6.53. The van der Waals surface area contributed by atoms with Crippen molar-refractivity contribution in [1.29, 1.82) is 0 Å². The molecule has 0 radical (unpaired) electrons. The third-order valence-corrected chi connectivity index (χ3v) is 2.74. The van der Waals surface area contributed by atoms with Crippen LogP contribution in [0.1, 0.15) is 12.8 Å². The number of rotatable bonds is 1. The second kappa shape index (κ2) is 2.47. The summed E-state index contributed by atoms with van der Waals surface area (Å²) in [5.74, 6) is -1.77. The molecule has 2 aliphatic rings. The minimum atomic E-state index is -0.860. The van der Waals surface area contributed by atoms with Crippen molar-refractivity contribution >= 4 is 11.9 Å². The molecule has 2 rings (SSSR count). The van der Waals surface area contributed by atoms with Gasteiger partial charge in [0.2, 0.25) is 0 Å². The number of carbonyl (C=O) groups is 2. The molecule has 0 spiro atoms. The number of cyclic esters (lactones) is 1. The molecule has 0 amide bonds. The van der Waals surface area contributed by atoms with E-state index in [1.165, 1.54) is 0 Å². The number of aliphatic carboxylic acids is 1. The van der Waals surface area contributed by atoms with Gasteiger partial charge in [0, 0.05) is 0 Å². The van der Waals surface area contributed by atoms with Crippen LogP contribution in [-0.2, 0) is 14.3 Å². The van der Waals surface area contributed by atoms with Crippen LogP contribution in [-0.4, -0.2) is 23.7 Å². The normalized spacial score (nSPS) is 39.3. The van der Waals surface area contributed by atoms with Crippen LogP contribution >= 0.6 is 0 Å². The van der Waals surface area contributed by atoms with Gasteiger partial charge in [-0.05, 0) is 18.8 Å². The number of hydrogen-bond donors (Lipinski definition) is 1. The number of carboxylic acid groups (broad SMARTS) is 1. The average Bonchev–Trinajstić information content (AvgIpc) is 2.37. The number of hydrogen-bond acceptors (Lipinski definition) is 3. The molecule has 1 saturated carbocycles. The summed E-state index contributed by atoms with van der Waals surface area (Å²) < 4.78 is 4.84. The molecule has 3 atom stereocenters. The third-order valence-electron chi connectivity index (χ3n) is 2.74. The van der Waals surface area contributed by atoms with Crippen molar-refractivity contribution in [3.8, 4) is 0 Å². The molecule has 1 aliphatic heterocycles. The van der Waals surface area contributed by atoms with Crippen LogP contribution < -0.4 is 0 Å². The fraction of sp³-hybridized carbons (Fsp3) is 0.750. The lowest BCUT2D eigenvalue weighted by Gasteiger charge is -2.18. The van der Waals surface area contributed by atoms with Gasteiger partial charge in [0.15, 0.2) is 0 Å². The van der Waals surface area contributed by atoms with Crippen molar-refractivity contribution in [2.24, 2.45) is 17.8 Å². The second-order valence-corrected chi connectivity index (χ2v) is 3.52. The van der Waals surface area contributed by atoms with Gasteiger partial charge in [-0.1, -0.05) is 0 Å². The molecule has 4 nitrogen and oxygen atoms in total. The highest BCUT2D eigenvalue weighted by Gasteiger charge is 2.47. The molecule has 1 saturated heterocycles. The Balaban J connectivity index is 2.19. The van der Waals surface area contributed by atoms with Crippen LogP contribution in [0.25, 0.3) is 0 Å². The minimum absolute atomic E-state index is 0.286. The molecule has 2 fully saturated rings. The van der Waals surface area contributed by atoms with Gasteiger partial charge < -0.3 is 9.84 Å². The van der Waals surface area contributed by atoms with Crippen molar-refractivity contribution in [3.05, 3.63) is 0 Å². The molecule has 1 heterocycles. The molecule has 12 heavy (non-hydrogen) atoms. The van der Waals surface area contributed by atoms with E-state index in [9.17, 15) is 9.59 Å². The predicted molar refractivity (Wildman–Crippen MR) is 38.3 cm³/mol. The standard InChI is InChI=1S/C8H10O4/c9-7(10)5-1-4-2-6(5)8(11)12-3-4/h4-6H,1-3H2,(H,9,10)/t4-,5+,6-/m0/s1. The molecule has 66 valence electrons. The molecule has 2 bridgehead atoms. The smallest absolute Gasteiger partial charge is 0.309 e. The van der Waals surface area contributed by atoms with Gasteiger partial charge in [0.1, 0.15) is 0 Å². The van der Waals surface area contributed by atoms with E-state index in [1.54, 1.807) is 0 Å². The highest BCUT2D eigenvalue weighted by Crippen LogP contribution is 2.40. The van der Waals surface area contributed by atoms with Gasteiger partial charge in [0.05, 0.1) is 18.4 Å². The first-order valence-electron chi connectivity index (χ1n) is 4.08. The summed E-state index contributed by atoms with van der Waals surface area (Å²) in [6.07, 6.45) is 1.31. The van der Waals surface area contributed by atoms with Crippen molar-refractivity contribution in [3.63, 3.8) is 0 Å². The van der Waals surface area contributed by atoms with E-state index in [0.29, 0.717) is 19.4 Å². The number of carboxylic acids is 1. The number of carbonyl (C=O) groups excluding carboxylic acids is 1. The number of esters is 1. The van der Waals surface area contributed by atoms with Crippen LogP contribution in [0.2, 0.25) is 0 Å². The molecule has 4 heteroatoms. The zero-order chi connectivity index (χ0) is 8.72. The van der Waals surface area contributed by atoms with E-state index >= 15 is 0 Å². The first-order valence-corrected chi connectivity index (χ1v) is 4.08. The SMILES string of the molecule is O=C1OC[C@@H]2C[C@H]1[C@H](C(=O)O)C2. The Kier molecular flexibility index (Phi) is 1.56. The largest absolute Gasteiger partial charge is 0.481 e. The van der Waals surface area contributed by atoms with Crippen LogP contribution in [0, 0.1) is 17.8 Å². The molecule has 0 aromatic carbocycles. The first-order chi connectivity index (χ1) is 5.68. The molecular weight excluding hydrogens is 160 g/mol. The fourth-order valence-corrected chi connectivity index (χ4v) is 2.12. The monoisotopic (exact) mass is 170 g/mol. The maximum Gasteiger partial charge on any atom is 0.309 e. The lowest BCUT2D eigenvalue weighted by atomic mass is 9.96. The Bertz CT molecular complexity index is 235. The molecular formula is C8H10O4. The van der Waals surface area contributed by atoms with Crippen LogP contribution in [0.5, 0.6) is 0 Å². The summed E-state index contributed by atoms with van der Waals surface area (Å²) in [6.45, 7) is 0.416. The van der Waals surface area contributed by atoms with E-state index in [-0.39, 0.29) is 17.8 Å². The van der Waals surface area contributed by atoms with E-state index < -0.39 is 11.9 Å². The van der Waals surface area contributed by atoms with Crippen molar-refractivity contribution in [2.75, 3.05) is 6.61 Å². The predicted octanol–water partition coefficient (Wildman–Crippen LogP) is 0.270. The van der Waals surface area contributed by atoms with Crippen LogP contribution in [0.4, 0.5) is 0 Å². The highest BCUT2D eigenvalue weighted by atomic mass is 16.5. The molecule has 0 unspecified atom stereocenters. The van der Waals surface area contributed by atoms with E-state index in [0.717, 1.165) is 0 Å². The zero-order valence-corrected chi connectivity index (χ0v) is 6.53. The summed E-state index contributed by atoms with van der Waals surface area (Å²) in [7, 11) is 0. The quantitative estimate of drug-likeness (QED) is 0.574. The van der Waals surface area contributed by atoms with Crippen molar-refractivity contribution in [2.45, 2.75) is 12.8 Å². The van der Waals surface area contributed by atoms with Gasteiger partial charge in [0.25, 0.3) is 0 Å². The number of fused-ring (bicyclic) bond motifs is 2. The Hall–Kier alpha value is -1.06. The maximum atomic E-state index is 11.1. The summed E-state index contributed by atoms with van der Waals surface area (Å²) in [6, 6.07) is 0. The Labute approximate surface area is 69.5 Å². The molecule has 1 aliphatic carbocycles. The van der Waals surface area contributed by atoms with Crippen LogP contribution in [0.15, 0.2) is 0 Å². The van der Waals surface area contributed by atoms with Gasteiger partial charge in [-0.25, -0.2) is 0 Å². The van der Waals surface area contributed by atoms with E-state index in [1.807, 2.05) is 0 Å². The Morgan fingerprint density at radius 3 is 2.92 bits per heavy atom. The Morgan fingerprint density at radius 1 is 1.50 bits per heavy atom. The first kappa shape index (κ1) is 7.58. The van der Waals surface area contributed by atoms with Gasteiger partial charge in [-0.2, -0.15) is 0 Å². The minimum Gasteiger partial charge on any atom is -0.481 e. The van der Waals surface area contributed by atoms with Crippen LogP contribution in [0.3, 0.4) is 0 Å². The van der Waals surface area contributed by atoms with Crippen molar-refractivity contribution in [1.82, 2.24) is 0 Å². The van der Waals surface area contributed by atoms with Crippen molar-refractivity contribution < 1.29 is 19.4 Å².